The lowest BCUT2D eigenvalue weighted by atomic mass is 10.0. The molecule has 2 heterocycles. The van der Waals surface area contributed by atoms with Gasteiger partial charge in [0.25, 0.3) is 11.8 Å². The van der Waals surface area contributed by atoms with Gasteiger partial charge >= 0.3 is 0 Å². The van der Waals surface area contributed by atoms with Crippen LogP contribution in [0.5, 0.6) is 5.75 Å². The molecule has 2 aromatic carbocycles. The number of anilines is 1. The van der Waals surface area contributed by atoms with Crippen molar-refractivity contribution >= 4 is 23.4 Å². The number of imide groups is 1. The van der Waals surface area contributed by atoms with E-state index in [0.29, 0.717) is 24.0 Å². The highest BCUT2D eigenvalue weighted by Gasteiger charge is 2.34. The smallest absolute Gasteiger partial charge is 0.261 e. The van der Waals surface area contributed by atoms with E-state index >= 15 is 0 Å². The van der Waals surface area contributed by atoms with E-state index in [9.17, 15) is 14.4 Å². The van der Waals surface area contributed by atoms with Gasteiger partial charge in [-0.2, -0.15) is 0 Å². The van der Waals surface area contributed by atoms with E-state index in [2.05, 4.69) is 22.3 Å². The minimum Gasteiger partial charge on any atom is -0.497 e. The van der Waals surface area contributed by atoms with E-state index in [1.807, 2.05) is 12.1 Å². The first kappa shape index (κ1) is 20.9. The molecule has 0 atom stereocenters. The minimum absolute atomic E-state index is 0.0282. The van der Waals surface area contributed by atoms with Gasteiger partial charge in [0.2, 0.25) is 5.91 Å². The molecule has 0 spiro atoms. The van der Waals surface area contributed by atoms with Crippen LogP contribution in [0, 0.1) is 0 Å². The Balaban J connectivity index is 1.19. The first-order valence-electron chi connectivity index (χ1n) is 10.7. The van der Waals surface area contributed by atoms with Crippen LogP contribution < -0.4 is 15.0 Å². The number of carbonyl (C=O) groups excluding carboxylic acids is 3. The predicted octanol–water partition coefficient (Wildman–Crippen LogP) is 2.86. The van der Waals surface area contributed by atoms with Crippen LogP contribution in [0.2, 0.25) is 0 Å². The molecule has 0 saturated carbocycles. The molecule has 1 saturated heterocycles. The second kappa shape index (κ2) is 9.20. The zero-order chi connectivity index (χ0) is 21.8. The molecule has 0 radical (unpaired) electrons. The maximum atomic E-state index is 12.4. The molecule has 31 heavy (non-hydrogen) atoms. The van der Waals surface area contributed by atoms with Crippen molar-refractivity contribution < 1.29 is 19.1 Å². The molecule has 0 aliphatic carbocycles. The lowest BCUT2D eigenvalue weighted by Gasteiger charge is -2.34. The van der Waals surface area contributed by atoms with Gasteiger partial charge in [-0.15, -0.1) is 0 Å². The Morgan fingerprint density at radius 2 is 1.61 bits per heavy atom. The third-order valence-corrected chi connectivity index (χ3v) is 5.96. The summed E-state index contributed by atoms with van der Waals surface area (Å²) in [6.07, 6.45) is 2.53. The quantitative estimate of drug-likeness (QED) is 0.696. The summed E-state index contributed by atoms with van der Waals surface area (Å²) in [6.45, 7) is 2.02. The molecule has 7 nitrogen and oxygen atoms in total. The summed E-state index contributed by atoms with van der Waals surface area (Å²) in [5, 5.41) is 3.10. The summed E-state index contributed by atoms with van der Waals surface area (Å²) < 4.78 is 5.20. The highest BCUT2D eigenvalue weighted by molar-refractivity contribution is 6.21. The Morgan fingerprint density at radius 1 is 1.00 bits per heavy atom. The molecule has 0 aromatic heterocycles. The van der Waals surface area contributed by atoms with Gasteiger partial charge in [-0.3, -0.25) is 19.3 Å². The van der Waals surface area contributed by atoms with E-state index in [-0.39, 0.29) is 30.3 Å². The highest BCUT2D eigenvalue weighted by Crippen LogP contribution is 2.24. The van der Waals surface area contributed by atoms with Crippen molar-refractivity contribution in [3.8, 4) is 5.75 Å². The Kier molecular flexibility index (Phi) is 6.21. The van der Waals surface area contributed by atoms with E-state index in [1.54, 1.807) is 31.4 Å². The van der Waals surface area contributed by atoms with Crippen LogP contribution in [-0.2, 0) is 4.79 Å². The maximum Gasteiger partial charge on any atom is 0.261 e. The number of benzene rings is 2. The third kappa shape index (κ3) is 4.55. The number of nitrogens with zero attached hydrogens (tertiary/aromatic N) is 2. The summed E-state index contributed by atoms with van der Waals surface area (Å²) >= 11 is 0. The number of fused-ring (bicyclic) bond motifs is 1. The first-order valence-corrected chi connectivity index (χ1v) is 10.7. The summed E-state index contributed by atoms with van der Waals surface area (Å²) in [5.41, 5.74) is 2.05. The van der Waals surface area contributed by atoms with Crippen molar-refractivity contribution in [2.45, 2.75) is 31.7 Å². The Morgan fingerprint density at radius 3 is 2.19 bits per heavy atom. The van der Waals surface area contributed by atoms with Gasteiger partial charge in [-0.25, -0.2) is 0 Å². The highest BCUT2D eigenvalue weighted by atomic mass is 16.5. The van der Waals surface area contributed by atoms with Crippen LogP contribution in [0.1, 0.15) is 46.4 Å². The molecular weight excluding hydrogens is 394 g/mol. The van der Waals surface area contributed by atoms with Gasteiger partial charge in [0.1, 0.15) is 5.75 Å². The molecule has 3 amide bonds. The summed E-state index contributed by atoms with van der Waals surface area (Å²) in [7, 11) is 1.66. The van der Waals surface area contributed by atoms with Crippen LogP contribution >= 0.6 is 0 Å². The van der Waals surface area contributed by atoms with Gasteiger partial charge in [0, 0.05) is 37.8 Å². The monoisotopic (exact) mass is 421 g/mol. The summed E-state index contributed by atoms with van der Waals surface area (Å²) in [5.74, 6) is 0.269. The topological polar surface area (TPSA) is 79.0 Å². The number of hydrogen-bond donors (Lipinski definition) is 1. The molecule has 2 aliphatic heterocycles. The molecule has 162 valence electrons. The lowest BCUT2D eigenvalue weighted by Crippen LogP contribution is -2.44. The van der Waals surface area contributed by atoms with Crippen LogP contribution in [0.3, 0.4) is 0 Å². The second-order valence-electron chi connectivity index (χ2n) is 7.94. The zero-order valence-corrected chi connectivity index (χ0v) is 17.7. The van der Waals surface area contributed by atoms with Gasteiger partial charge in [0.05, 0.1) is 18.2 Å². The fraction of sp³-hybridized carbons (Fsp3) is 0.375. The minimum atomic E-state index is -0.271. The second-order valence-corrected chi connectivity index (χ2v) is 7.94. The maximum absolute atomic E-state index is 12.4. The molecule has 7 heteroatoms. The summed E-state index contributed by atoms with van der Waals surface area (Å²) in [4.78, 5) is 40.7. The number of piperidine rings is 1. The van der Waals surface area contributed by atoms with Crippen LogP contribution in [0.25, 0.3) is 0 Å². The molecule has 2 aromatic rings. The molecule has 2 aliphatic rings. The van der Waals surface area contributed by atoms with Crippen molar-refractivity contribution in [3.63, 3.8) is 0 Å². The number of ether oxygens (including phenoxy) is 1. The lowest BCUT2D eigenvalue weighted by molar-refractivity contribution is -0.122. The van der Waals surface area contributed by atoms with Crippen molar-refractivity contribution in [2.24, 2.45) is 0 Å². The molecule has 1 N–H and O–H groups in total. The van der Waals surface area contributed by atoms with E-state index in [1.165, 1.54) is 4.90 Å². The molecule has 0 unspecified atom stereocenters. The van der Waals surface area contributed by atoms with Crippen LogP contribution in [0.15, 0.2) is 48.5 Å². The van der Waals surface area contributed by atoms with Crippen molar-refractivity contribution in [1.29, 1.82) is 0 Å². The van der Waals surface area contributed by atoms with Gasteiger partial charge in [-0.1, -0.05) is 12.1 Å². The Labute approximate surface area is 182 Å². The van der Waals surface area contributed by atoms with E-state index in [0.717, 1.165) is 37.4 Å². The average molecular weight is 421 g/mol. The van der Waals surface area contributed by atoms with Crippen molar-refractivity contribution in [2.75, 3.05) is 31.6 Å². The largest absolute Gasteiger partial charge is 0.497 e. The van der Waals surface area contributed by atoms with Crippen LogP contribution in [0.4, 0.5) is 5.69 Å². The number of hydrogen-bond acceptors (Lipinski definition) is 5. The van der Waals surface area contributed by atoms with Gasteiger partial charge < -0.3 is 15.0 Å². The third-order valence-electron chi connectivity index (χ3n) is 5.96. The number of carbonyl (C=O) groups is 3. The normalized spacial score (nSPS) is 16.4. The average Bonchev–Trinajstić information content (AvgIpc) is 3.05. The first-order chi connectivity index (χ1) is 15.1. The predicted molar refractivity (Wildman–Crippen MR) is 117 cm³/mol. The van der Waals surface area contributed by atoms with E-state index in [4.69, 9.17) is 4.74 Å². The number of methoxy groups -OCH3 is 1. The fourth-order valence-electron chi connectivity index (χ4n) is 4.21. The van der Waals surface area contributed by atoms with Crippen molar-refractivity contribution in [1.82, 2.24) is 10.2 Å². The SMILES string of the molecule is COc1ccc(N2CCC(NC(=O)CCCN3C(=O)c4ccccc4C3=O)CC2)cc1. The molecule has 1 fully saturated rings. The number of rotatable bonds is 7. The molecule has 4 rings (SSSR count). The van der Waals surface area contributed by atoms with Crippen molar-refractivity contribution in [3.05, 3.63) is 59.7 Å². The van der Waals surface area contributed by atoms with Gasteiger partial charge in [0.15, 0.2) is 0 Å². The standard InChI is InChI=1S/C24H27N3O4/c1-31-19-10-8-18(9-11-19)26-15-12-17(13-16-26)25-22(28)7-4-14-27-23(29)20-5-2-3-6-21(20)24(27)30/h2-3,5-6,8-11,17H,4,7,12-16H2,1H3,(H,25,28). The van der Waals surface area contributed by atoms with Crippen LogP contribution in [-0.4, -0.2) is 55.4 Å². The molecular formula is C24H27N3O4. The number of nitrogens with one attached hydrogen (secondary N) is 1. The summed E-state index contributed by atoms with van der Waals surface area (Å²) in [6, 6.07) is 15.0. The Hall–Kier alpha value is -3.35. The Bertz CT molecular complexity index is 930. The van der Waals surface area contributed by atoms with Gasteiger partial charge in [-0.05, 0) is 55.7 Å². The fourth-order valence-corrected chi connectivity index (χ4v) is 4.21. The van der Waals surface area contributed by atoms with E-state index < -0.39 is 0 Å². The number of amides is 3. The molecule has 0 bridgehead atoms. The zero-order valence-electron chi connectivity index (χ0n) is 17.7.